The SMILES string of the molecule is Cc1cc2oc(=O)cc(C)c2cc1NC(=O)CN1CCOCC1. The Morgan fingerprint density at radius 1 is 1.17 bits per heavy atom. The van der Waals surface area contributed by atoms with E-state index in [1.54, 1.807) is 6.07 Å². The molecule has 1 aromatic carbocycles. The highest BCUT2D eigenvalue weighted by Crippen LogP contribution is 2.25. The Balaban J connectivity index is 1.80. The molecule has 0 saturated carbocycles. The van der Waals surface area contributed by atoms with Crippen molar-refractivity contribution < 1.29 is 13.9 Å². The molecule has 1 fully saturated rings. The van der Waals surface area contributed by atoms with Crippen molar-refractivity contribution >= 4 is 22.6 Å². The van der Waals surface area contributed by atoms with Gasteiger partial charge in [-0.15, -0.1) is 0 Å². The molecule has 0 spiro atoms. The van der Waals surface area contributed by atoms with Crippen molar-refractivity contribution in [3.8, 4) is 0 Å². The van der Waals surface area contributed by atoms with Crippen molar-refractivity contribution in [1.29, 1.82) is 0 Å². The summed E-state index contributed by atoms with van der Waals surface area (Å²) >= 11 is 0. The zero-order chi connectivity index (χ0) is 16.4. The van der Waals surface area contributed by atoms with E-state index in [2.05, 4.69) is 10.2 Å². The van der Waals surface area contributed by atoms with Crippen LogP contribution in [0.5, 0.6) is 0 Å². The molecule has 122 valence electrons. The summed E-state index contributed by atoms with van der Waals surface area (Å²) in [5.74, 6) is -0.0515. The molecule has 3 rings (SSSR count). The Morgan fingerprint density at radius 3 is 2.65 bits per heavy atom. The van der Waals surface area contributed by atoms with Crippen LogP contribution in [-0.4, -0.2) is 43.7 Å². The first-order valence-electron chi connectivity index (χ1n) is 7.68. The minimum atomic E-state index is -0.362. The standard InChI is InChI=1S/C17H20N2O4/c1-11-8-17(21)23-15-7-12(2)14(9-13(11)15)18-16(20)10-19-3-5-22-6-4-19/h7-9H,3-6,10H2,1-2H3,(H,18,20). The molecule has 0 unspecified atom stereocenters. The number of nitrogens with zero attached hydrogens (tertiary/aromatic N) is 1. The van der Waals surface area contributed by atoms with Crippen molar-refractivity contribution in [3.05, 3.63) is 39.7 Å². The number of aryl methyl sites for hydroxylation is 2. The summed E-state index contributed by atoms with van der Waals surface area (Å²) < 4.78 is 10.5. The number of hydrogen-bond donors (Lipinski definition) is 1. The fraction of sp³-hybridized carbons (Fsp3) is 0.412. The van der Waals surface area contributed by atoms with Gasteiger partial charge in [-0.1, -0.05) is 0 Å². The maximum Gasteiger partial charge on any atom is 0.336 e. The van der Waals surface area contributed by atoms with Crippen LogP contribution in [0.25, 0.3) is 11.0 Å². The van der Waals surface area contributed by atoms with Crippen LogP contribution in [0.1, 0.15) is 11.1 Å². The first kappa shape index (κ1) is 15.7. The smallest absolute Gasteiger partial charge is 0.336 e. The molecule has 1 aliphatic rings. The van der Waals surface area contributed by atoms with Gasteiger partial charge in [-0.05, 0) is 37.1 Å². The first-order chi connectivity index (χ1) is 11.0. The molecule has 1 aliphatic heterocycles. The summed E-state index contributed by atoms with van der Waals surface area (Å²) in [5.41, 5.74) is 2.62. The van der Waals surface area contributed by atoms with E-state index in [-0.39, 0.29) is 11.5 Å². The predicted octanol–water partition coefficient (Wildman–Crippen LogP) is 1.68. The van der Waals surface area contributed by atoms with Gasteiger partial charge in [-0.25, -0.2) is 4.79 Å². The maximum absolute atomic E-state index is 12.2. The van der Waals surface area contributed by atoms with Crippen molar-refractivity contribution in [3.63, 3.8) is 0 Å². The van der Waals surface area contributed by atoms with Crippen molar-refractivity contribution in [2.45, 2.75) is 13.8 Å². The molecule has 1 N–H and O–H groups in total. The number of rotatable bonds is 3. The number of benzene rings is 1. The van der Waals surface area contributed by atoms with Crippen LogP contribution in [0.15, 0.2) is 27.4 Å². The van der Waals surface area contributed by atoms with Crippen LogP contribution < -0.4 is 10.9 Å². The molecule has 0 atom stereocenters. The maximum atomic E-state index is 12.2. The zero-order valence-electron chi connectivity index (χ0n) is 13.3. The van der Waals surface area contributed by atoms with E-state index in [9.17, 15) is 9.59 Å². The number of carbonyl (C=O) groups excluding carboxylic acids is 1. The van der Waals surface area contributed by atoms with Crippen LogP contribution in [0.2, 0.25) is 0 Å². The molecule has 0 aliphatic carbocycles. The molecule has 2 aromatic rings. The summed E-state index contributed by atoms with van der Waals surface area (Å²) in [6.07, 6.45) is 0. The van der Waals surface area contributed by atoms with Gasteiger partial charge in [0.05, 0.1) is 19.8 Å². The third-order valence-corrected chi connectivity index (χ3v) is 4.04. The van der Waals surface area contributed by atoms with E-state index in [4.69, 9.17) is 9.15 Å². The quantitative estimate of drug-likeness (QED) is 0.872. The monoisotopic (exact) mass is 316 g/mol. The highest BCUT2D eigenvalue weighted by molar-refractivity contribution is 5.96. The second kappa shape index (κ2) is 6.52. The number of fused-ring (bicyclic) bond motifs is 1. The van der Waals surface area contributed by atoms with Crippen LogP contribution in [0.3, 0.4) is 0 Å². The Kier molecular flexibility index (Phi) is 4.45. The Labute approximate surface area is 134 Å². The zero-order valence-corrected chi connectivity index (χ0v) is 13.3. The summed E-state index contributed by atoms with van der Waals surface area (Å²) in [4.78, 5) is 25.8. The third kappa shape index (κ3) is 3.60. The molecule has 0 radical (unpaired) electrons. The number of amides is 1. The van der Waals surface area contributed by atoms with Gasteiger partial charge >= 0.3 is 5.63 Å². The largest absolute Gasteiger partial charge is 0.423 e. The lowest BCUT2D eigenvalue weighted by atomic mass is 10.1. The molecule has 6 nitrogen and oxygen atoms in total. The average Bonchev–Trinajstić information content (AvgIpc) is 2.49. The normalized spacial score (nSPS) is 15.7. The lowest BCUT2D eigenvalue weighted by molar-refractivity contribution is -0.118. The van der Waals surface area contributed by atoms with E-state index in [0.29, 0.717) is 25.3 Å². The number of nitrogens with one attached hydrogen (secondary N) is 1. The summed E-state index contributed by atoms with van der Waals surface area (Å²) in [6, 6.07) is 5.10. The summed E-state index contributed by atoms with van der Waals surface area (Å²) in [7, 11) is 0. The van der Waals surface area contributed by atoms with Gasteiger partial charge in [0.25, 0.3) is 0 Å². The Morgan fingerprint density at radius 2 is 1.91 bits per heavy atom. The minimum absolute atomic E-state index is 0.0515. The van der Waals surface area contributed by atoms with Crippen LogP contribution in [0.4, 0.5) is 5.69 Å². The predicted molar refractivity (Wildman–Crippen MR) is 87.8 cm³/mol. The highest BCUT2D eigenvalue weighted by Gasteiger charge is 2.15. The molecule has 1 aromatic heterocycles. The molecule has 0 bridgehead atoms. The van der Waals surface area contributed by atoms with E-state index >= 15 is 0 Å². The Bertz CT molecular complexity index is 791. The molecular weight excluding hydrogens is 296 g/mol. The highest BCUT2D eigenvalue weighted by atomic mass is 16.5. The van der Waals surface area contributed by atoms with Crippen LogP contribution >= 0.6 is 0 Å². The molecular formula is C17H20N2O4. The fourth-order valence-electron chi connectivity index (χ4n) is 2.75. The van der Waals surface area contributed by atoms with Crippen molar-refractivity contribution in [2.75, 3.05) is 38.2 Å². The number of ether oxygens (including phenoxy) is 1. The van der Waals surface area contributed by atoms with Gasteiger partial charge in [-0.2, -0.15) is 0 Å². The van der Waals surface area contributed by atoms with Crippen molar-refractivity contribution in [1.82, 2.24) is 4.90 Å². The van der Waals surface area contributed by atoms with Gasteiger partial charge in [0.15, 0.2) is 0 Å². The van der Waals surface area contributed by atoms with Gasteiger partial charge in [0.1, 0.15) is 5.58 Å². The number of anilines is 1. The fourth-order valence-corrected chi connectivity index (χ4v) is 2.75. The van der Waals surface area contributed by atoms with E-state index in [0.717, 1.165) is 35.3 Å². The van der Waals surface area contributed by atoms with Gasteiger partial charge in [-0.3, -0.25) is 9.69 Å². The number of carbonyl (C=O) groups is 1. The third-order valence-electron chi connectivity index (χ3n) is 4.04. The molecule has 1 saturated heterocycles. The van der Waals surface area contributed by atoms with E-state index < -0.39 is 0 Å². The van der Waals surface area contributed by atoms with Crippen LogP contribution in [-0.2, 0) is 9.53 Å². The van der Waals surface area contributed by atoms with Gasteiger partial charge < -0.3 is 14.5 Å². The minimum Gasteiger partial charge on any atom is -0.423 e. The lowest BCUT2D eigenvalue weighted by Gasteiger charge is -2.25. The molecule has 1 amide bonds. The number of hydrogen-bond acceptors (Lipinski definition) is 5. The van der Waals surface area contributed by atoms with Gasteiger partial charge in [0, 0.05) is 30.2 Å². The second-order valence-electron chi connectivity index (χ2n) is 5.85. The first-order valence-corrected chi connectivity index (χ1v) is 7.68. The summed E-state index contributed by atoms with van der Waals surface area (Å²) in [5, 5.41) is 3.78. The molecule has 6 heteroatoms. The van der Waals surface area contributed by atoms with Crippen LogP contribution in [0, 0.1) is 13.8 Å². The average molecular weight is 316 g/mol. The topological polar surface area (TPSA) is 71.8 Å². The Hall–Kier alpha value is -2.18. The lowest BCUT2D eigenvalue weighted by Crippen LogP contribution is -2.41. The molecule has 2 heterocycles. The van der Waals surface area contributed by atoms with Gasteiger partial charge in [0.2, 0.25) is 5.91 Å². The van der Waals surface area contributed by atoms with E-state index in [1.165, 1.54) is 6.07 Å². The molecule has 23 heavy (non-hydrogen) atoms. The summed E-state index contributed by atoms with van der Waals surface area (Å²) in [6.45, 7) is 6.97. The second-order valence-corrected chi connectivity index (χ2v) is 5.85. The number of morpholine rings is 1. The van der Waals surface area contributed by atoms with Crippen molar-refractivity contribution in [2.24, 2.45) is 0 Å². The van der Waals surface area contributed by atoms with E-state index in [1.807, 2.05) is 19.9 Å².